The van der Waals surface area contributed by atoms with Crippen LogP contribution in [0.5, 0.6) is 0 Å². The molecular formula is C22H25ClN2O3S. The van der Waals surface area contributed by atoms with Crippen molar-refractivity contribution in [1.29, 1.82) is 0 Å². The number of nitrogens with zero attached hydrogens (tertiary/aromatic N) is 1. The van der Waals surface area contributed by atoms with Crippen molar-refractivity contribution in [1.82, 2.24) is 4.31 Å². The molecule has 2 unspecified atom stereocenters. The first-order chi connectivity index (χ1) is 13.4. The summed E-state index contributed by atoms with van der Waals surface area (Å²) >= 11 is 6.02. The van der Waals surface area contributed by atoms with Gasteiger partial charge in [-0.05, 0) is 41.7 Å². The van der Waals surface area contributed by atoms with Gasteiger partial charge in [-0.1, -0.05) is 68.8 Å². The number of carbonyl (C=O) groups excluding carboxylic acids is 1. The Hall–Kier alpha value is -2.15. The number of halogens is 1. The molecule has 0 bridgehead atoms. The van der Waals surface area contributed by atoms with E-state index in [1.165, 1.54) is 4.31 Å². The Morgan fingerprint density at radius 2 is 1.66 bits per heavy atom. The van der Waals surface area contributed by atoms with E-state index in [4.69, 9.17) is 17.3 Å². The van der Waals surface area contributed by atoms with Gasteiger partial charge in [0.25, 0.3) is 0 Å². The van der Waals surface area contributed by atoms with Gasteiger partial charge in [0, 0.05) is 16.6 Å². The highest BCUT2D eigenvalue weighted by Gasteiger charge is 2.49. The van der Waals surface area contributed by atoms with E-state index in [2.05, 4.69) is 0 Å². The van der Waals surface area contributed by atoms with Gasteiger partial charge in [-0.3, -0.25) is 4.79 Å². The average molecular weight is 433 g/mol. The lowest BCUT2D eigenvalue weighted by atomic mass is 9.87. The summed E-state index contributed by atoms with van der Waals surface area (Å²) in [5.41, 5.74) is 6.77. The molecule has 2 atom stereocenters. The lowest BCUT2D eigenvalue weighted by Gasteiger charge is -2.37. The molecule has 2 aromatic carbocycles. The molecule has 1 heterocycles. The third kappa shape index (κ3) is 3.97. The monoisotopic (exact) mass is 432 g/mol. The molecule has 3 rings (SSSR count). The van der Waals surface area contributed by atoms with E-state index in [-0.39, 0.29) is 10.5 Å². The second-order valence-electron chi connectivity index (χ2n) is 8.35. The third-order valence-corrected chi connectivity index (χ3v) is 7.43. The molecule has 5 nitrogen and oxygen atoms in total. The number of aryl methyl sites for hydroxylation is 1. The Labute approximate surface area is 177 Å². The number of sulfonamides is 1. The fourth-order valence-corrected chi connectivity index (χ4v) is 5.97. The number of carbonyl (C=O) groups is 1. The van der Waals surface area contributed by atoms with Crippen molar-refractivity contribution in [2.45, 2.75) is 44.7 Å². The van der Waals surface area contributed by atoms with Gasteiger partial charge >= 0.3 is 0 Å². The van der Waals surface area contributed by atoms with E-state index >= 15 is 0 Å². The predicted molar refractivity (Wildman–Crippen MR) is 115 cm³/mol. The quantitative estimate of drug-likeness (QED) is 0.785. The zero-order valence-electron chi connectivity index (χ0n) is 16.9. The molecule has 29 heavy (non-hydrogen) atoms. The van der Waals surface area contributed by atoms with Crippen LogP contribution < -0.4 is 5.73 Å². The van der Waals surface area contributed by atoms with Crippen molar-refractivity contribution in [3.63, 3.8) is 0 Å². The molecule has 154 valence electrons. The van der Waals surface area contributed by atoms with Gasteiger partial charge in [-0.25, -0.2) is 8.42 Å². The van der Waals surface area contributed by atoms with Gasteiger partial charge in [0.05, 0.1) is 10.9 Å². The molecule has 0 fully saturated rings. The Bertz CT molecular complexity index is 1070. The zero-order valence-corrected chi connectivity index (χ0v) is 18.5. The van der Waals surface area contributed by atoms with Crippen LogP contribution in [0.2, 0.25) is 5.02 Å². The van der Waals surface area contributed by atoms with E-state index in [1.807, 2.05) is 20.8 Å². The maximum absolute atomic E-state index is 13.8. The van der Waals surface area contributed by atoms with Crippen molar-refractivity contribution < 1.29 is 13.2 Å². The van der Waals surface area contributed by atoms with E-state index in [9.17, 15) is 13.2 Å². The molecule has 0 radical (unpaired) electrons. The van der Waals surface area contributed by atoms with Crippen LogP contribution in [0.4, 0.5) is 0 Å². The maximum Gasteiger partial charge on any atom is 0.246 e. The first kappa shape index (κ1) is 21.6. The number of amides is 1. The Morgan fingerprint density at radius 1 is 1.07 bits per heavy atom. The van der Waals surface area contributed by atoms with Crippen molar-refractivity contribution >= 4 is 27.5 Å². The van der Waals surface area contributed by atoms with Gasteiger partial charge in [0.2, 0.25) is 15.9 Å². The molecular weight excluding hydrogens is 408 g/mol. The number of rotatable bonds is 4. The second kappa shape index (κ2) is 7.59. The second-order valence-corrected chi connectivity index (χ2v) is 10.6. The van der Waals surface area contributed by atoms with Crippen molar-refractivity contribution in [3.05, 3.63) is 76.3 Å². The average Bonchev–Trinajstić information content (AvgIpc) is 3.04. The fraction of sp³-hybridized carbons (Fsp3) is 0.318. The van der Waals surface area contributed by atoms with Crippen LogP contribution in [0.1, 0.15) is 37.9 Å². The molecule has 7 heteroatoms. The Morgan fingerprint density at radius 3 is 2.17 bits per heavy atom. The third-order valence-electron chi connectivity index (χ3n) is 5.17. The zero-order chi connectivity index (χ0) is 21.6. The summed E-state index contributed by atoms with van der Waals surface area (Å²) in [6.07, 6.45) is 1.69. The fourth-order valence-electron chi connectivity index (χ4n) is 3.70. The minimum Gasteiger partial charge on any atom is -0.366 e. The maximum atomic E-state index is 13.8. The first-order valence-corrected chi connectivity index (χ1v) is 11.1. The van der Waals surface area contributed by atoms with Crippen LogP contribution in [0.3, 0.4) is 0 Å². The van der Waals surface area contributed by atoms with Crippen molar-refractivity contribution in [2.75, 3.05) is 0 Å². The predicted octanol–water partition coefficient (Wildman–Crippen LogP) is 4.22. The van der Waals surface area contributed by atoms with Crippen LogP contribution in [0.25, 0.3) is 0 Å². The summed E-state index contributed by atoms with van der Waals surface area (Å²) in [7, 11) is -3.94. The highest BCUT2D eigenvalue weighted by molar-refractivity contribution is 7.89. The topological polar surface area (TPSA) is 80.5 Å². The first-order valence-electron chi connectivity index (χ1n) is 9.30. The number of hydrogen-bond acceptors (Lipinski definition) is 3. The van der Waals surface area contributed by atoms with Gasteiger partial charge in [0.15, 0.2) is 0 Å². The standard InChI is InChI=1S/C22H25ClN2O3S/c1-14-7-5-6-8-18(14)29(27,28)25-19(22(2,3)4)13-17(21(24)26)20(25)15-9-11-16(23)12-10-15/h5-13,19-20H,1-4H3,(H2,24,26). The van der Waals surface area contributed by atoms with E-state index < -0.39 is 33.4 Å². The smallest absolute Gasteiger partial charge is 0.246 e. The van der Waals surface area contributed by atoms with Gasteiger partial charge in [-0.2, -0.15) is 4.31 Å². The molecule has 2 N–H and O–H groups in total. The van der Waals surface area contributed by atoms with Crippen LogP contribution in [0.15, 0.2) is 65.1 Å². The molecule has 0 saturated carbocycles. The van der Waals surface area contributed by atoms with Crippen LogP contribution in [-0.4, -0.2) is 24.7 Å². The largest absolute Gasteiger partial charge is 0.366 e. The summed E-state index contributed by atoms with van der Waals surface area (Å²) < 4.78 is 29.1. The summed E-state index contributed by atoms with van der Waals surface area (Å²) in [6, 6.07) is 12.3. The van der Waals surface area contributed by atoms with Crippen LogP contribution >= 0.6 is 11.6 Å². The molecule has 1 amide bonds. The van der Waals surface area contributed by atoms with Gasteiger partial charge < -0.3 is 5.73 Å². The molecule has 0 aromatic heterocycles. The van der Waals surface area contributed by atoms with E-state index in [0.717, 1.165) is 0 Å². The van der Waals surface area contributed by atoms with Crippen molar-refractivity contribution in [2.24, 2.45) is 11.1 Å². The summed E-state index contributed by atoms with van der Waals surface area (Å²) in [5.74, 6) is -0.637. The summed E-state index contributed by atoms with van der Waals surface area (Å²) in [6.45, 7) is 7.58. The van der Waals surface area contributed by atoms with E-state index in [1.54, 1.807) is 61.5 Å². The molecule has 2 aromatic rings. The lowest BCUT2D eigenvalue weighted by molar-refractivity contribution is -0.114. The Kier molecular flexibility index (Phi) is 5.64. The van der Waals surface area contributed by atoms with E-state index in [0.29, 0.717) is 16.1 Å². The number of benzene rings is 2. The molecule has 0 saturated heterocycles. The minimum absolute atomic E-state index is 0.215. The number of hydrogen-bond donors (Lipinski definition) is 1. The molecule has 1 aliphatic rings. The molecule has 0 aliphatic carbocycles. The SMILES string of the molecule is Cc1ccccc1S(=O)(=O)N1C(c2ccc(Cl)cc2)C(C(N)=O)=CC1C(C)(C)C. The van der Waals surface area contributed by atoms with Crippen LogP contribution in [0, 0.1) is 12.3 Å². The normalized spacial score (nSPS) is 20.5. The van der Waals surface area contributed by atoms with Crippen molar-refractivity contribution in [3.8, 4) is 0 Å². The van der Waals surface area contributed by atoms with Gasteiger partial charge in [-0.15, -0.1) is 0 Å². The summed E-state index contributed by atoms with van der Waals surface area (Å²) in [5, 5.41) is 0.525. The highest BCUT2D eigenvalue weighted by atomic mass is 35.5. The number of nitrogens with two attached hydrogens (primary N) is 1. The highest BCUT2D eigenvalue weighted by Crippen LogP contribution is 2.46. The lowest BCUT2D eigenvalue weighted by Crippen LogP contribution is -2.45. The summed E-state index contributed by atoms with van der Waals surface area (Å²) in [4.78, 5) is 12.5. The minimum atomic E-state index is -3.94. The van der Waals surface area contributed by atoms with Crippen LogP contribution in [-0.2, 0) is 14.8 Å². The Balaban J connectivity index is 2.27. The number of primary amides is 1. The molecule has 0 spiro atoms. The van der Waals surface area contributed by atoms with Gasteiger partial charge in [0.1, 0.15) is 0 Å². The molecule has 1 aliphatic heterocycles.